The standard InChI is InChI=1S/C11H9NO/c13-8-10-3-1-2-4-11(10)9-5-6-12-7-9/h1-8,12H. The average molecular weight is 171 g/mol. The van der Waals surface area contributed by atoms with Crippen molar-refractivity contribution in [3.8, 4) is 11.1 Å². The predicted octanol–water partition coefficient (Wildman–Crippen LogP) is 2.49. The van der Waals surface area contributed by atoms with E-state index in [2.05, 4.69) is 4.98 Å². The zero-order valence-corrected chi connectivity index (χ0v) is 7.03. The Labute approximate surface area is 76.2 Å². The number of benzene rings is 1. The number of carbonyl (C=O) groups is 1. The molecule has 0 fully saturated rings. The Morgan fingerprint density at radius 3 is 2.69 bits per heavy atom. The van der Waals surface area contributed by atoms with Gasteiger partial charge < -0.3 is 4.98 Å². The normalized spacial score (nSPS) is 9.85. The van der Waals surface area contributed by atoms with Gasteiger partial charge in [-0.05, 0) is 17.2 Å². The summed E-state index contributed by atoms with van der Waals surface area (Å²) in [6, 6.07) is 9.49. The minimum Gasteiger partial charge on any atom is -0.367 e. The van der Waals surface area contributed by atoms with Crippen molar-refractivity contribution in [2.75, 3.05) is 0 Å². The third-order valence-electron chi connectivity index (χ3n) is 2.00. The van der Waals surface area contributed by atoms with Gasteiger partial charge in [0.05, 0.1) is 0 Å². The van der Waals surface area contributed by atoms with Crippen molar-refractivity contribution in [2.24, 2.45) is 0 Å². The molecule has 0 bridgehead atoms. The van der Waals surface area contributed by atoms with Gasteiger partial charge in [-0.3, -0.25) is 4.79 Å². The maximum absolute atomic E-state index is 10.7. The zero-order chi connectivity index (χ0) is 9.10. The van der Waals surface area contributed by atoms with E-state index in [1.165, 1.54) is 0 Å². The lowest BCUT2D eigenvalue weighted by molar-refractivity contribution is 0.112. The molecule has 1 aromatic carbocycles. The second-order valence-electron chi connectivity index (χ2n) is 2.80. The second-order valence-corrected chi connectivity index (χ2v) is 2.80. The van der Waals surface area contributed by atoms with Crippen LogP contribution in [0.3, 0.4) is 0 Å². The molecule has 2 heteroatoms. The van der Waals surface area contributed by atoms with Crippen LogP contribution in [-0.4, -0.2) is 11.3 Å². The molecule has 1 aromatic heterocycles. The molecule has 1 heterocycles. The van der Waals surface area contributed by atoms with Crippen LogP contribution in [-0.2, 0) is 0 Å². The number of nitrogens with one attached hydrogen (secondary N) is 1. The number of hydrogen-bond donors (Lipinski definition) is 1. The predicted molar refractivity (Wildman–Crippen MR) is 51.6 cm³/mol. The number of aldehydes is 1. The van der Waals surface area contributed by atoms with Gasteiger partial charge >= 0.3 is 0 Å². The maximum atomic E-state index is 10.7. The van der Waals surface area contributed by atoms with Crippen molar-refractivity contribution >= 4 is 6.29 Å². The Morgan fingerprint density at radius 2 is 2.00 bits per heavy atom. The van der Waals surface area contributed by atoms with E-state index in [1.807, 2.05) is 42.7 Å². The fraction of sp³-hybridized carbons (Fsp3) is 0. The molecule has 0 atom stereocenters. The van der Waals surface area contributed by atoms with Crippen LogP contribution < -0.4 is 0 Å². The highest BCUT2D eigenvalue weighted by molar-refractivity contribution is 5.87. The minimum atomic E-state index is 0.724. The number of aromatic nitrogens is 1. The van der Waals surface area contributed by atoms with E-state index in [0.717, 1.165) is 23.0 Å². The summed E-state index contributed by atoms with van der Waals surface area (Å²) in [5.74, 6) is 0. The molecule has 2 aromatic rings. The monoisotopic (exact) mass is 171 g/mol. The summed E-state index contributed by atoms with van der Waals surface area (Å²) in [7, 11) is 0. The first-order chi connectivity index (χ1) is 6.42. The Balaban J connectivity index is 2.57. The van der Waals surface area contributed by atoms with Crippen LogP contribution in [0.4, 0.5) is 0 Å². The van der Waals surface area contributed by atoms with E-state index < -0.39 is 0 Å². The lowest BCUT2D eigenvalue weighted by Crippen LogP contribution is -1.84. The Bertz CT molecular complexity index is 404. The van der Waals surface area contributed by atoms with Crippen LogP contribution in [0.1, 0.15) is 10.4 Å². The molecule has 0 saturated carbocycles. The van der Waals surface area contributed by atoms with Gasteiger partial charge in [0.15, 0.2) is 6.29 Å². The smallest absolute Gasteiger partial charge is 0.150 e. The van der Waals surface area contributed by atoms with E-state index in [0.29, 0.717) is 0 Å². The zero-order valence-electron chi connectivity index (χ0n) is 7.03. The lowest BCUT2D eigenvalue weighted by atomic mass is 10.0. The number of carbonyl (C=O) groups excluding carboxylic acids is 1. The molecule has 13 heavy (non-hydrogen) atoms. The fourth-order valence-electron chi connectivity index (χ4n) is 1.35. The van der Waals surface area contributed by atoms with Gasteiger partial charge in [-0.15, -0.1) is 0 Å². The molecule has 0 saturated heterocycles. The van der Waals surface area contributed by atoms with Crippen molar-refractivity contribution in [3.63, 3.8) is 0 Å². The summed E-state index contributed by atoms with van der Waals surface area (Å²) in [4.78, 5) is 13.7. The van der Waals surface area contributed by atoms with E-state index in [9.17, 15) is 4.79 Å². The topological polar surface area (TPSA) is 32.9 Å². The van der Waals surface area contributed by atoms with Gasteiger partial charge in [0, 0.05) is 18.0 Å². The lowest BCUT2D eigenvalue weighted by Gasteiger charge is -1.99. The average Bonchev–Trinajstić information content (AvgIpc) is 2.70. The van der Waals surface area contributed by atoms with E-state index in [1.54, 1.807) is 0 Å². The fourth-order valence-corrected chi connectivity index (χ4v) is 1.35. The molecular formula is C11H9NO. The molecule has 0 aliphatic heterocycles. The molecule has 0 aliphatic carbocycles. The third-order valence-corrected chi connectivity index (χ3v) is 2.00. The first kappa shape index (κ1) is 7.80. The van der Waals surface area contributed by atoms with Crippen LogP contribution in [0, 0.1) is 0 Å². The molecule has 0 spiro atoms. The summed E-state index contributed by atoms with van der Waals surface area (Å²) >= 11 is 0. The van der Waals surface area contributed by atoms with Crippen molar-refractivity contribution in [2.45, 2.75) is 0 Å². The molecule has 0 aliphatic rings. The number of aromatic amines is 1. The van der Waals surface area contributed by atoms with Gasteiger partial charge in [-0.25, -0.2) is 0 Å². The quantitative estimate of drug-likeness (QED) is 0.692. The van der Waals surface area contributed by atoms with Gasteiger partial charge in [0.25, 0.3) is 0 Å². The largest absolute Gasteiger partial charge is 0.367 e. The Morgan fingerprint density at radius 1 is 1.15 bits per heavy atom. The Hall–Kier alpha value is -1.83. The SMILES string of the molecule is O=Cc1ccccc1-c1cc[nH]c1. The van der Waals surface area contributed by atoms with Crippen LogP contribution in [0.25, 0.3) is 11.1 Å². The first-order valence-electron chi connectivity index (χ1n) is 4.09. The van der Waals surface area contributed by atoms with Crippen LogP contribution >= 0.6 is 0 Å². The molecule has 64 valence electrons. The van der Waals surface area contributed by atoms with Gasteiger partial charge in [-0.1, -0.05) is 24.3 Å². The highest BCUT2D eigenvalue weighted by atomic mass is 16.1. The van der Waals surface area contributed by atoms with E-state index in [-0.39, 0.29) is 0 Å². The van der Waals surface area contributed by atoms with Crippen molar-refractivity contribution in [1.29, 1.82) is 0 Å². The molecular weight excluding hydrogens is 162 g/mol. The summed E-state index contributed by atoms with van der Waals surface area (Å²) in [6.45, 7) is 0. The summed E-state index contributed by atoms with van der Waals surface area (Å²) < 4.78 is 0. The molecule has 1 N–H and O–H groups in total. The maximum Gasteiger partial charge on any atom is 0.150 e. The summed E-state index contributed by atoms with van der Waals surface area (Å²) in [5, 5.41) is 0. The number of hydrogen-bond acceptors (Lipinski definition) is 1. The first-order valence-corrected chi connectivity index (χ1v) is 4.09. The van der Waals surface area contributed by atoms with Crippen LogP contribution in [0.5, 0.6) is 0 Å². The molecule has 0 amide bonds. The van der Waals surface area contributed by atoms with Crippen LogP contribution in [0.2, 0.25) is 0 Å². The van der Waals surface area contributed by atoms with E-state index in [4.69, 9.17) is 0 Å². The highest BCUT2D eigenvalue weighted by Gasteiger charge is 2.02. The van der Waals surface area contributed by atoms with Gasteiger partial charge in [0.1, 0.15) is 0 Å². The third kappa shape index (κ3) is 1.38. The second kappa shape index (κ2) is 3.27. The minimum absolute atomic E-state index is 0.724. The highest BCUT2D eigenvalue weighted by Crippen LogP contribution is 2.21. The molecule has 0 unspecified atom stereocenters. The number of H-pyrrole nitrogens is 1. The molecule has 2 rings (SSSR count). The molecule has 0 radical (unpaired) electrons. The summed E-state index contributed by atoms with van der Waals surface area (Å²) in [5.41, 5.74) is 2.74. The number of rotatable bonds is 2. The van der Waals surface area contributed by atoms with Crippen molar-refractivity contribution in [1.82, 2.24) is 4.98 Å². The summed E-state index contributed by atoms with van der Waals surface area (Å²) in [6.07, 6.45) is 4.60. The van der Waals surface area contributed by atoms with Crippen molar-refractivity contribution in [3.05, 3.63) is 48.3 Å². The van der Waals surface area contributed by atoms with Crippen LogP contribution in [0.15, 0.2) is 42.7 Å². The Kier molecular flexibility index (Phi) is 1.96. The van der Waals surface area contributed by atoms with Gasteiger partial charge in [0.2, 0.25) is 0 Å². The van der Waals surface area contributed by atoms with Gasteiger partial charge in [-0.2, -0.15) is 0 Å². The van der Waals surface area contributed by atoms with E-state index >= 15 is 0 Å². The van der Waals surface area contributed by atoms with Crippen molar-refractivity contribution < 1.29 is 4.79 Å². The molecule has 2 nitrogen and oxygen atoms in total.